The molecule has 1 aliphatic carbocycles. The number of Topliss-reactive ketones (excluding diaryl/α,β-unsaturated/α-hetero) is 1. The molecule has 16 heavy (non-hydrogen) atoms. The maximum atomic E-state index is 12.3. The van der Waals surface area contributed by atoms with Crippen LogP contribution >= 0.6 is 0 Å². The molecule has 3 rings (SSSR count). The number of nitrogens with one attached hydrogen (secondary N) is 1. The van der Waals surface area contributed by atoms with E-state index in [1.54, 1.807) is 12.4 Å². The molecule has 1 atom stereocenters. The predicted octanol–water partition coefficient (Wildman–Crippen LogP) is 2.79. The fraction of sp³-hybridized carbons (Fsp3) is 0.385. The summed E-state index contributed by atoms with van der Waals surface area (Å²) in [6.07, 6.45) is 5.93. The van der Waals surface area contributed by atoms with Crippen LogP contribution in [0.5, 0.6) is 0 Å². The van der Waals surface area contributed by atoms with Crippen LogP contribution in [0.1, 0.15) is 30.1 Å². The van der Waals surface area contributed by atoms with Crippen LogP contribution in [-0.4, -0.2) is 15.8 Å². The number of carbonyl (C=O) groups is 1. The van der Waals surface area contributed by atoms with Crippen molar-refractivity contribution in [2.75, 3.05) is 0 Å². The Morgan fingerprint density at radius 1 is 1.56 bits per heavy atom. The van der Waals surface area contributed by atoms with Crippen LogP contribution in [0.25, 0.3) is 11.0 Å². The summed E-state index contributed by atoms with van der Waals surface area (Å²) in [5.74, 6) is 1.01. The number of hydrogen-bond donors (Lipinski definition) is 1. The molecule has 1 unspecified atom stereocenters. The first-order chi connectivity index (χ1) is 7.77. The lowest BCUT2D eigenvalue weighted by molar-refractivity contribution is 0.0918. The molecule has 1 N–H and O–H groups in total. The van der Waals surface area contributed by atoms with Crippen LogP contribution in [0.4, 0.5) is 0 Å². The summed E-state index contributed by atoms with van der Waals surface area (Å²) in [6.45, 7) is 2.04. The van der Waals surface area contributed by atoms with Crippen LogP contribution < -0.4 is 0 Å². The normalized spacial score (nSPS) is 17.6. The Labute approximate surface area is 93.9 Å². The van der Waals surface area contributed by atoms with Gasteiger partial charge in [0.25, 0.3) is 0 Å². The van der Waals surface area contributed by atoms with Gasteiger partial charge in [0.15, 0.2) is 5.78 Å². The van der Waals surface area contributed by atoms with Crippen molar-refractivity contribution in [1.82, 2.24) is 9.97 Å². The Balaban J connectivity index is 2.01. The summed E-state index contributed by atoms with van der Waals surface area (Å²) in [5.41, 5.74) is 1.59. The lowest BCUT2D eigenvalue weighted by atomic mass is 9.95. The highest BCUT2D eigenvalue weighted by atomic mass is 16.1. The number of rotatable bonds is 3. The second-order valence-electron chi connectivity index (χ2n) is 4.59. The summed E-state index contributed by atoms with van der Waals surface area (Å²) >= 11 is 0. The molecule has 0 saturated heterocycles. The summed E-state index contributed by atoms with van der Waals surface area (Å²) in [7, 11) is 0. The molecule has 2 aromatic rings. The average molecular weight is 214 g/mol. The van der Waals surface area contributed by atoms with E-state index in [-0.39, 0.29) is 11.7 Å². The van der Waals surface area contributed by atoms with E-state index < -0.39 is 0 Å². The van der Waals surface area contributed by atoms with E-state index >= 15 is 0 Å². The number of aromatic nitrogens is 2. The molecule has 0 aromatic carbocycles. The van der Waals surface area contributed by atoms with Gasteiger partial charge in [-0.25, -0.2) is 4.98 Å². The summed E-state index contributed by atoms with van der Waals surface area (Å²) < 4.78 is 0. The standard InChI is InChI=1S/C13H14N2O/c1-8(9-4-5-9)12(16)11-7-15-13-10(11)3-2-6-14-13/h2-3,6-9H,4-5H2,1H3,(H,14,15). The lowest BCUT2D eigenvalue weighted by Gasteiger charge is -2.07. The first-order valence-corrected chi connectivity index (χ1v) is 5.73. The zero-order chi connectivity index (χ0) is 11.1. The molecule has 2 heterocycles. The van der Waals surface area contributed by atoms with Gasteiger partial charge in [0.2, 0.25) is 0 Å². The summed E-state index contributed by atoms with van der Waals surface area (Å²) in [4.78, 5) is 19.5. The topological polar surface area (TPSA) is 45.8 Å². The van der Waals surface area contributed by atoms with Crippen LogP contribution in [-0.2, 0) is 0 Å². The summed E-state index contributed by atoms with van der Waals surface area (Å²) in [6, 6.07) is 3.82. The van der Waals surface area contributed by atoms with Crippen LogP contribution in [0.15, 0.2) is 24.5 Å². The second kappa shape index (κ2) is 3.44. The smallest absolute Gasteiger partial charge is 0.168 e. The third-order valence-corrected chi connectivity index (χ3v) is 3.46. The number of carbonyl (C=O) groups excluding carboxylic acids is 1. The van der Waals surface area contributed by atoms with Gasteiger partial charge < -0.3 is 4.98 Å². The van der Waals surface area contributed by atoms with Gasteiger partial charge in [-0.2, -0.15) is 0 Å². The molecule has 2 aromatic heterocycles. The molecule has 3 nitrogen and oxygen atoms in total. The maximum Gasteiger partial charge on any atom is 0.168 e. The molecule has 0 amide bonds. The fourth-order valence-corrected chi connectivity index (χ4v) is 2.22. The average Bonchev–Trinajstić information content (AvgIpc) is 3.07. The van der Waals surface area contributed by atoms with Crippen LogP contribution in [0.3, 0.4) is 0 Å². The fourth-order valence-electron chi connectivity index (χ4n) is 2.22. The van der Waals surface area contributed by atoms with E-state index in [1.165, 1.54) is 12.8 Å². The largest absolute Gasteiger partial charge is 0.345 e. The number of H-pyrrole nitrogens is 1. The predicted molar refractivity (Wildman–Crippen MR) is 62.3 cm³/mol. The van der Waals surface area contributed by atoms with Gasteiger partial charge in [-0.3, -0.25) is 4.79 Å². The molecule has 0 aliphatic heterocycles. The molecular weight excluding hydrogens is 200 g/mol. The molecule has 1 saturated carbocycles. The van der Waals surface area contributed by atoms with E-state index in [1.807, 2.05) is 19.1 Å². The SMILES string of the molecule is CC(C(=O)c1c[nH]c2ncccc12)C1CC1. The minimum Gasteiger partial charge on any atom is -0.345 e. The van der Waals surface area contributed by atoms with Crippen molar-refractivity contribution in [3.8, 4) is 0 Å². The minimum atomic E-state index is 0.152. The lowest BCUT2D eigenvalue weighted by Crippen LogP contribution is -2.12. The second-order valence-corrected chi connectivity index (χ2v) is 4.59. The number of hydrogen-bond acceptors (Lipinski definition) is 2. The molecule has 0 bridgehead atoms. The van der Waals surface area contributed by atoms with E-state index in [0.717, 1.165) is 16.6 Å². The molecule has 0 radical (unpaired) electrons. The molecule has 0 spiro atoms. The number of nitrogens with zero attached hydrogens (tertiary/aromatic N) is 1. The van der Waals surface area contributed by atoms with Crippen LogP contribution in [0, 0.1) is 11.8 Å². The highest BCUT2D eigenvalue weighted by molar-refractivity contribution is 6.08. The van der Waals surface area contributed by atoms with Gasteiger partial charge in [-0.1, -0.05) is 6.92 Å². The van der Waals surface area contributed by atoms with Crippen molar-refractivity contribution >= 4 is 16.8 Å². The molecular formula is C13H14N2O. The number of ketones is 1. The van der Waals surface area contributed by atoms with Gasteiger partial charge in [0.1, 0.15) is 5.65 Å². The Hall–Kier alpha value is -1.64. The first-order valence-electron chi connectivity index (χ1n) is 5.73. The van der Waals surface area contributed by atoms with Crippen molar-refractivity contribution < 1.29 is 4.79 Å². The van der Waals surface area contributed by atoms with Gasteiger partial charge >= 0.3 is 0 Å². The van der Waals surface area contributed by atoms with Crippen molar-refractivity contribution in [2.45, 2.75) is 19.8 Å². The zero-order valence-corrected chi connectivity index (χ0v) is 9.23. The molecule has 3 heteroatoms. The quantitative estimate of drug-likeness (QED) is 0.798. The number of aromatic amines is 1. The van der Waals surface area contributed by atoms with Gasteiger partial charge in [-0.05, 0) is 30.9 Å². The maximum absolute atomic E-state index is 12.3. The Kier molecular flexibility index (Phi) is 2.06. The van der Waals surface area contributed by atoms with E-state index in [2.05, 4.69) is 9.97 Å². The summed E-state index contributed by atoms with van der Waals surface area (Å²) in [5, 5.41) is 0.944. The van der Waals surface area contributed by atoms with Crippen LogP contribution in [0.2, 0.25) is 0 Å². The monoisotopic (exact) mass is 214 g/mol. The number of pyridine rings is 1. The van der Waals surface area contributed by atoms with E-state index in [9.17, 15) is 4.79 Å². The van der Waals surface area contributed by atoms with Gasteiger partial charge in [-0.15, -0.1) is 0 Å². The van der Waals surface area contributed by atoms with Crippen molar-refractivity contribution in [2.24, 2.45) is 11.8 Å². The van der Waals surface area contributed by atoms with Crippen molar-refractivity contribution in [3.05, 3.63) is 30.1 Å². The Morgan fingerprint density at radius 2 is 2.38 bits per heavy atom. The Bertz CT molecular complexity index is 540. The third-order valence-electron chi connectivity index (χ3n) is 3.46. The molecule has 1 fully saturated rings. The Morgan fingerprint density at radius 3 is 3.12 bits per heavy atom. The highest BCUT2D eigenvalue weighted by Gasteiger charge is 2.33. The first kappa shape index (κ1) is 9.58. The molecule has 1 aliphatic rings. The van der Waals surface area contributed by atoms with Crippen molar-refractivity contribution in [1.29, 1.82) is 0 Å². The minimum absolute atomic E-state index is 0.152. The van der Waals surface area contributed by atoms with Gasteiger partial charge in [0.05, 0.1) is 0 Å². The highest BCUT2D eigenvalue weighted by Crippen LogP contribution is 2.38. The number of fused-ring (bicyclic) bond motifs is 1. The molecule has 82 valence electrons. The van der Waals surface area contributed by atoms with Gasteiger partial charge in [0, 0.05) is 29.3 Å². The third kappa shape index (κ3) is 1.43. The van der Waals surface area contributed by atoms with Crippen molar-refractivity contribution in [3.63, 3.8) is 0 Å². The van der Waals surface area contributed by atoms with E-state index in [4.69, 9.17) is 0 Å². The van der Waals surface area contributed by atoms with E-state index in [0.29, 0.717) is 5.92 Å². The zero-order valence-electron chi connectivity index (χ0n) is 9.23.